The van der Waals surface area contributed by atoms with E-state index in [0.29, 0.717) is 23.5 Å². The number of anilines is 1. The molecule has 1 N–H and O–H groups in total. The van der Waals surface area contributed by atoms with Crippen molar-refractivity contribution in [2.75, 3.05) is 23.4 Å². The summed E-state index contributed by atoms with van der Waals surface area (Å²) in [6.45, 7) is 6.33. The summed E-state index contributed by atoms with van der Waals surface area (Å²) in [5.41, 5.74) is 0.841. The highest BCUT2D eigenvalue weighted by molar-refractivity contribution is 7.92. The molecule has 196 valence electrons. The third-order valence-corrected chi connectivity index (χ3v) is 7.80. The Morgan fingerprint density at radius 2 is 1.72 bits per heavy atom. The number of nitrogens with zero attached hydrogens (tertiary/aromatic N) is 2. The molecule has 0 unspecified atom stereocenters. The molecule has 3 rings (SSSR count). The van der Waals surface area contributed by atoms with Crippen LogP contribution in [0.25, 0.3) is 0 Å². The van der Waals surface area contributed by atoms with Gasteiger partial charge in [0.2, 0.25) is 28.6 Å². The van der Waals surface area contributed by atoms with Crippen LogP contribution in [-0.4, -0.2) is 56.3 Å². The summed E-state index contributed by atoms with van der Waals surface area (Å²) >= 11 is 0. The van der Waals surface area contributed by atoms with Gasteiger partial charge in [-0.25, -0.2) is 12.8 Å². The molecule has 1 aliphatic heterocycles. The van der Waals surface area contributed by atoms with Gasteiger partial charge in [0.05, 0.1) is 11.4 Å². The summed E-state index contributed by atoms with van der Waals surface area (Å²) < 4.78 is 51.1. The number of ether oxygens (including phenoxy) is 2. The highest BCUT2D eigenvalue weighted by Gasteiger charge is 2.32. The minimum absolute atomic E-state index is 0.00461. The molecule has 2 aromatic rings. The van der Waals surface area contributed by atoms with Crippen LogP contribution in [0.1, 0.15) is 39.7 Å². The SMILES string of the molecule is CC[C@H](C)NC(=O)[C@@H](C)N(Cc1ccc(F)cc1)C(=O)CN(c1ccc2c(c1)OCO2)S(=O)(=O)CC. The van der Waals surface area contributed by atoms with Gasteiger partial charge in [0.25, 0.3) is 0 Å². The van der Waals surface area contributed by atoms with Gasteiger partial charge in [-0.1, -0.05) is 19.1 Å². The van der Waals surface area contributed by atoms with Crippen LogP contribution in [0, 0.1) is 5.82 Å². The molecule has 1 heterocycles. The number of nitrogens with one attached hydrogen (secondary N) is 1. The van der Waals surface area contributed by atoms with E-state index >= 15 is 0 Å². The van der Waals surface area contributed by atoms with Gasteiger partial charge < -0.3 is 19.7 Å². The number of carbonyl (C=O) groups is 2. The molecule has 0 radical (unpaired) electrons. The molecule has 0 saturated carbocycles. The maximum absolute atomic E-state index is 13.6. The van der Waals surface area contributed by atoms with E-state index in [1.54, 1.807) is 13.0 Å². The first-order chi connectivity index (χ1) is 17.1. The van der Waals surface area contributed by atoms with E-state index in [9.17, 15) is 22.4 Å². The second-order valence-electron chi connectivity index (χ2n) is 8.59. The Hall–Kier alpha value is -3.34. The molecule has 36 heavy (non-hydrogen) atoms. The molecular formula is C25H32FN3O6S. The maximum Gasteiger partial charge on any atom is 0.244 e. The lowest BCUT2D eigenvalue weighted by Gasteiger charge is -2.32. The molecule has 1 aliphatic rings. The molecule has 9 nitrogen and oxygen atoms in total. The minimum atomic E-state index is -3.87. The number of carbonyl (C=O) groups excluding carboxylic acids is 2. The van der Waals surface area contributed by atoms with Crippen molar-refractivity contribution in [3.63, 3.8) is 0 Å². The Labute approximate surface area is 211 Å². The zero-order valence-electron chi connectivity index (χ0n) is 20.9. The van der Waals surface area contributed by atoms with E-state index in [4.69, 9.17) is 9.47 Å². The van der Waals surface area contributed by atoms with E-state index in [2.05, 4.69) is 5.32 Å². The van der Waals surface area contributed by atoms with Crippen LogP contribution in [0.4, 0.5) is 10.1 Å². The largest absolute Gasteiger partial charge is 0.454 e. The molecule has 2 atom stereocenters. The second-order valence-corrected chi connectivity index (χ2v) is 10.8. The molecule has 2 aromatic carbocycles. The van der Waals surface area contributed by atoms with Crippen LogP contribution in [0.5, 0.6) is 11.5 Å². The number of benzene rings is 2. The molecule has 2 amide bonds. The normalized spacial score (nSPS) is 14.1. The summed E-state index contributed by atoms with van der Waals surface area (Å²) in [7, 11) is -3.87. The number of hydrogen-bond acceptors (Lipinski definition) is 6. The van der Waals surface area contributed by atoms with Crippen molar-refractivity contribution in [1.82, 2.24) is 10.2 Å². The van der Waals surface area contributed by atoms with Crippen LogP contribution in [0.15, 0.2) is 42.5 Å². The summed E-state index contributed by atoms with van der Waals surface area (Å²) in [5.74, 6) is -0.764. The predicted octanol–water partition coefficient (Wildman–Crippen LogP) is 3.04. The van der Waals surface area contributed by atoms with Gasteiger partial charge in [-0.3, -0.25) is 13.9 Å². The Bertz CT molecular complexity index is 1190. The Balaban J connectivity index is 1.93. The lowest BCUT2D eigenvalue weighted by Crippen LogP contribution is -2.52. The highest BCUT2D eigenvalue weighted by atomic mass is 32.2. The molecule has 0 spiro atoms. The van der Waals surface area contributed by atoms with Gasteiger partial charge in [0.1, 0.15) is 18.4 Å². The Morgan fingerprint density at radius 1 is 1.06 bits per heavy atom. The van der Waals surface area contributed by atoms with E-state index < -0.39 is 34.3 Å². The van der Waals surface area contributed by atoms with Crippen molar-refractivity contribution >= 4 is 27.5 Å². The van der Waals surface area contributed by atoms with Gasteiger partial charge in [-0.2, -0.15) is 0 Å². The summed E-state index contributed by atoms with van der Waals surface area (Å²) in [4.78, 5) is 27.8. The first-order valence-electron chi connectivity index (χ1n) is 11.8. The molecule has 0 aromatic heterocycles. The number of sulfonamides is 1. The molecule has 0 bridgehead atoms. The molecular weight excluding hydrogens is 489 g/mol. The number of amides is 2. The fourth-order valence-corrected chi connectivity index (χ4v) is 4.65. The van der Waals surface area contributed by atoms with Crippen molar-refractivity contribution in [3.8, 4) is 11.5 Å². The average molecular weight is 522 g/mol. The van der Waals surface area contributed by atoms with E-state index in [0.717, 1.165) is 4.31 Å². The molecule has 0 saturated heterocycles. The predicted molar refractivity (Wildman–Crippen MR) is 134 cm³/mol. The van der Waals surface area contributed by atoms with Crippen molar-refractivity contribution in [3.05, 3.63) is 53.8 Å². The minimum Gasteiger partial charge on any atom is -0.454 e. The fraction of sp³-hybridized carbons (Fsp3) is 0.440. The number of rotatable bonds is 11. The van der Waals surface area contributed by atoms with Crippen LogP contribution in [0.3, 0.4) is 0 Å². The lowest BCUT2D eigenvalue weighted by atomic mass is 10.1. The van der Waals surface area contributed by atoms with E-state index in [1.165, 1.54) is 48.2 Å². The molecule has 0 fully saturated rings. The first kappa shape index (κ1) is 27.3. The maximum atomic E-state index is 13.6. The fourth-order valence-electron chi connectivity index (χ4n) is 3.59. The van der Waals surface area contributed by atoms with E-state index in [1.807, 2.05) is 13.8 Å². The third-order valence-electron chi connectivity index (χ3n) is 6.06. The van der Waals surface area contributed by atoms with Gasteiger partial charge in [-0.05, 0) is 57.0 Å². The van der Waals surface area contributed by atoms with Gasteiger partial charge in [0, 0.05) is 18.7 Å². The first-order valence-corrected chi connectivity index (χ1v) is 13.4. The Kier molecular flexibility index (Phi) is 8.78. The van der Waals surface area contributed by atoms with Gasteiger partial charge in [0.15, 0.2) is 11.5 Å². The van der Waals surface area contributed by atoms with Crippen LogP contribution >= 0.6 is 0 Å². The van der Waals surface area contributed by atoms with E-state index in [-0.39, 0.29) is 36.7 Å². The van der Waals surface area contributed by atoms with Gasteiger partial charge >= 0.3 is 0 Å². The van der Waals surface area contributed by atoms with Crippen molar-refractivity contribution in [1.29, 1.82) is 0 Å². The van der Waals surface area contributed by atoms with Crippen LogP contribution in [-0.2, 0) is 26.2 Å². The number of fused-ring (bicyclic) bond motifs is 1. The Morgan fingerprint density at radius 3 is 2.36 bits per heavy atom. The van der Waals surface area contributed by atoms with Gasteiger partial charge in [-0.15, -0.1) is 0 Å². The smallest absolute Gasteiger partial charge is 0.244 e. The average Bonchev–Trinajstić information content (AvgIpc) is 3.34. The van der Waals surface area contributed by atoms with Crippen molar-refractivity contribution in [2.45, 2.75) is 52.7 Å². The zero-order valence-corrected chi connectivity index (χ0v) is 21.7. The zero-order chi connectivity index (χ0) is 26.5. The van der Waals surface area contributed by atoms with Crippen molar-refractivity contribution in [2.24, 2.45) is 0 Å². The molecule has 0 aliphatic carbocycles. The standard InChI is InChI=1S/C25H32FN3O6S/c1-5-17(3)27-25(31)18(4)28(14-19-7-9-20(26)10-8-19)24(30)15-29(36(32,33)6-2)21-11-12-22-23(13-21)35-16-34-22/h7-13,17-18H,5-6,14-16H2,1-4H3,(H,27,31)/t17-,18+/m0/s1. The number of halogens is 1. The van der Waals surface area contributed by atoms with Crippen LogP contribution < -0.4 is 19.1 Å². The summed E-state index contributed by atoms with van der Waals surface area (Å²) in [6, 6.07) is 9.20. The molecule has 11 heteroatoms. The third kappa shape index (κ3) is 6.45. The number of hydrogen-bond donors (Lipinski definition) is 1. The summed E-state index contributed by atoms with van der Waals surface area (Å²) in [5, 5.41) is 2.86. The quantitative estimate of drug-likeness (QED) is 0.487. The second kappa shape index (κ2) is 11.6. The topological polar surface area (TPSA) is 105 Å². The summed E-state index contributed by atoms with van der Waals surface area (Å²) in [6.07, 6.45) is 0.705. The monoisotopic (exact) mass is 521 g/mol. The van der Waals surface area contributed by atoms with Crippen molar-refractivity contribution < 1.29 is 31.9 Å². The lowest BCUT2D eigenvalue weighted by molar-refractivity contribution is -0.139. The van der Waals surface area contributed by atoms with Crippen LogP contribution in [0.2, 0.25) is 0 Å². The highest BCUT2D eigenvalue weighted by Crippen LogP contribution is 2.36.